The zero-order valence-electron chi connectivity index (χ0n) is 14.0. The van der Waals surface area contributed by atoms with Gasteiger partial charge in [-0.25, -0.2) is 0 Å². The molecule has 1 rings (SSSR count). The van der Waals surface area contributed by atoms with E-state index in [1.807, 2.05) is 0 Å². The van der Waals surface area contributed by atoms with Crippen LogP contribution in [0, 0.1) is 29.6 Å². The maximum absolute atomic E-state index is 2.49. The highest BCUT2D eigenvalue weighted by Crippen LogP contribution is 2.32. The molecule has 0 heterocycles. The van der Waals surface area contributed by atoms with Crippen molar-refractivity contribution in [3.05, 3.63) is 12.2 Å². The lowest BCUT2D eigenvalue weighted by Gasteiger charge is -2.28. The van der Waals surface area contributed by atoms with E-state index in [2.05, 4.69) is 46.8 Å². The largest absolute Gasteiger partial charge is 0.0882 e. The van der Waals surface area contributed by atoms with Crippen LogP contribution in [0.1, 0.15) is 79.6 Å². The fourth-order valence-corrected chi connectivity index (χ4v) is 3.56. The normalized spacial score (nSPS) is 39.1. The van der Waals surface area contributed by atoms with Gasteiger partial charge in [-0.2, -0.15) is 0 Å². The summed E-state index contributed by atoms with van der Waals surface area (Å²) in [5.41, 5.74) is 0. The molecule has 0 saturated heterocycles. The summed E-state index contributed by atoms with van der Waals surface area (Å²) >= 11 is 0. The van der Waals surface area contributed by atoms with E-state index in [4.69, 9.17) is 0 Å². The lowest BCUT2D eigenvalue weighted by atomic mass is 9.78. The van der Waals surface area contributed by atoms with E-state index < -0.39 is 0 Å². The van der Waals surface area contributed by atoms with E-state index in [0.717, 1.165) is 29.6 Å². The number of rotatable bonds is 1. The molecule has 0 bridgehead atoms. The first-order valence-electron chi connectivity index (χ1n) is 8.72. The summed E-state index contributed by atoms with van der Waals surface area (Å²) in [6.45, 7) is 12.2. The summed E-state index contributed by atoms with van der Waals surface area (Å²) in [5, 5.41) is 0. The van der Waals surface area contributed by atoms with Gasteiger partial charge in [-0.1, -0.05) is 78.9 Å². The van der Waals surface area contributed by atoms with Crippen LogP contribution in [0.2, 0.25) is 0 Å². The van der Waals surface area contributed by atoms with Crippen LogP contribution in [-0.2, 0) is 0 Å². The molecule has 0 aromatic heterocycles. The molecule has 0 aliphatic heterocycles. The van der Waals surface area contributed by atoms with Crippen molar-refractivity contribution >= 4 is 0 Å². The van der Waals surface area contributed by atoms with Crippen LogP contribution in [0.15, 0.2) is 12.2 Å². The second-order valence-electron chi connectivity index (χ2n) is 7.13. The van der Waals surface area contributed by atoms with Gasteiger partial charge in [0.05, 0.1) is 0 Å². The van der Waals surface area contributed by atoms with Gasteiger partial charge in [0, 0.05) is 0 Å². The number of allylic oxidation sites excluding steroid dienone is 2. The van der Waals surface area contributed by atoms with Crippen LogP contribution in [0.4, 0.5) is 0 Å². The van der Waals surface area contributed by atoms with E-state index in [0.29, 0.717) is 0 Å². The van der Waals surface area contributed by atoms with Gasteiger partial charge in [0.25, 0.3) is 0 Å². The van der Waals surface area contributed by atoms with Gasteiger partial charge in [0.15, 0.2) is 0 Å². The zero-order chi connectivity index (χ0) is 14.3. The first-order valence-corrected chi connectivity index (χ1v) is 8.72. The Morgan fingerprint density at radius 3 is 2.26 bits per heavy atom. The Morgan fingerprint density at radius 2 is 1.58 bits per heavy atom. The van der Waals surface area contributed by atoms with Crippen molar-refractivity contribution in [2.75, 3.05) is 0 Å². The molecule has 1 aliphatic carbocycles. The molecule has 0 aromatic carbocycles. The fourth-order valence-electron chi connectivity index (χ4n) is 3.56. The van der Waals surface area contributed by atoms with E-state index in [9.17, 15) is 0 Å². The van der Waals surface area contributed by atoms with Gasteiger partial charge >= 0.3 is 0 Å². The minimum Gasteiger partial charge on any atom is -0.0882 e. The monoisotopic (exact) mass is 264 g/mol. The van der Waals surface area contributed by atoms with Crippen LogP contribution in [0.3, 0.4) is 0 Å². The molecule has 0 heteroatoms. The van der Waals surface area contributed by atoms with E-state index >= 15 is 0 Å². The van der Waals surface area contributed by atoms with Gasteiger partial charge in [-0.05, 0) is 42.4 Å². The molecule has 0 amide bonds. The second kappa shape index (κ2) is 8.82. The van der Waals surface area contributed by atoms with Crippen LogP contribution in [-0.4, -0.2) is 0 Å². The standard InChI is InChI=1S/C19H36/c1-6-19-14-10-9-12-16(3)15(2)11-7-8-13-17(4)18(19)5/h7,11,15-19H,6,8-10,12-14H2,1-5H3. The van der Waals surface area contributed by atoms with Crippen molar-refractivity contribution in [2.24, 2.45) is 29.6 Å². The van der Waals surface area contributed by atoms with Gasteiger partial charge in [-0.3, -0.25) is 0 Å². The van der Waals surface area contributed by atoms with Crippen LogP contribution >= 0.6 is 0 Å². The highest BCUT2D eigenvalue weighted by molar-refractivity contribution is 4.89. The fraction of sp³-hybridized carbons (Fsp3) is 0.895. The molecule has 5 unspecified atom stereocenters. The smallest absolute Gasteiger partial charge is 0.0236 e. The first kappa shape index (κ1) is 16.8. The van der Waals surface area contributed by atoms with Crippen molar-refractivity contribution in [1.82, 2.24) is 0 Å². The molecular formula is C19H36. The molecule has 0 fully saturated rings. The summed E-state index contributed by atoms with van der Waals surface area (Å²) in [6.07, 6.45) is 14.7. The molecule has 0 nitrogen and oxygen atoms in total. The third-order valence-corrected chi connectivity index (χ3v) is 5.78. The Labute approximate surface area is 122 Å². The topological polar surface area (TPSA) is 0 Å². The minimum absolute atomic E-state index is 0.760. The van der Waals surface area contributed by atoms with Crippen LogP contribution in [0.5, 0.6) is 0 Å². The SMILES string of the molecule is CCC1CCCCC(C)C(C)C=CCCC(C)C1C. The van der Waals surface area contributed by atoms with Gasteiger partial charge < -0.3 is 0 Å². The summed E-state index contributed by atoms with van der Waals surface area (Å²) in [5.74, 6) is 4.34. The summed E-state index contributed by atoms with van der Waals surface area (Å²) in [6, 6.07) is 0. The van der Waals surface area contributed by atoms with Gasteiger partial charge in [0.1, 0.15) is 0 Å². The van der Waals surface area contributed by atoms with E-state index in [1.165, 1.54) is 44.9 Å². The van der Waals surface area contributed by atoms with Crippen LogP contribution in [0.25, 0.3) is 0 Å². The predicted octanol–water partition coefficient (Wildman–Crippen LogP) is 6.47. The molecule has 0 saturated carbocycles. The molecular weight excluding hydrogens is 228 g/mol. The Morgan fingerprint density at radius 1 is 0.895 bits per heavy atom. The molecule has 19 heavy (non-hydrogen) atoms. The lowest BCUT2D eigenvalue weighted by molar-refractivity contribution is 0.226. The number of hydrogen-bond donors (Lipinski definition) is 0. The quantitative estimate of drug-likeness (QED) is 0.476. The van der Waals surface area contributed by atoms with E-state index in [-0.39, 0.29) is 0 Å². The Kier molecular flexibility index (Phi) is 7.80. The maximum Gasteiger partial charge on any atom is -0.0236 e. The Bertz CT molecular complexity index is 253. The highest BCUT2D eigenvalue weighted by atomic mass is 14.3. The summed E-state index contributed by atoms with van der Waals surface area (Å²) in [4.78, 5) is 0. The third kappa shape index (κ3) is 5.71. The van der Waals surface area contributed by atoms with Gasteiger partial charge in [0.2, 0.25) is 0 Å². The molecule has 0 N–H and O–H groups in total. The highest BCUT2D eigenvalue weighted by Gasteiger charge is 2.21. The third-order valence-electron chi connectivity index (χ3n) is 5.78. The maximum atomic E-state index is 2.49. The van der Waals surface area contributed by atoms with Crippen LogP contribution < -0.4 is 0 Å². The molecule has 5 atom stereocenters. The average Bonchev–Trinajstić information content (AvgIpc) is 2.41. The summed E-state index contributed by atoms with van der Waals surface area (Å²) < 4.78 is 0. The van der Waals surface area contributed by atoms with Crippen molar-refractivity contribution in [3.8, 4) is 0 Å². The Balaban J connectivity index is 2.63. The average molecular weight is 264 g/mol. The molecule has 112 valence electrons. The second-order valence-corrected chi connectivity index (χ2v) is 7.13. The predicted molar refractivity (Wildman–Crippen MR) is 87.3 cm³/mol. The molecule has 1 aliphatic rings. The van der Waals surface area contributed by atoms with Crippen molar-refractivity contribution in [1.29, 1.82) is 0 Å². The minimum atomic E-state index is 0.760. The zero-order valence-corrected chi connectivity index (χ0v) is 14.0. The molecule has 0 aromatic rings. The number of hydrogen-bond acceptors (Lipinski definition) is 0. The van der Waals surface area contributed by atoms with E-state index in [1.54, 1.807) is 0 Å². The van der Waals surface area contributed by atoms with Crippen molar-refractivity contribution in [2.45, 2.75) is 79.6 Å². The first-order chi connectivity index (χ1) is 9.06. The molecule has 0 radical (unpaired) electrons. The molecule has 0 spiro atoms. The van der Waals surface area contributed by atoms with Crippen molar-refractivity contribution in [3.63, 3.8) is 0 Å². The van der Waals surface area contributed by atoms with Crippen molar-refractivity contribution < 1.29 is 0 Å². The lowest BCUT2D eigenvalue weighted by Crippen LogP contribution is -2.18. The van der Waals surface area contributed by atoms with Gasteiger partial charge in [-0.15, -0.1) is 0 Å². The summed E-state index contributed by atoms with van der Waals surface area (Å²) in [7, 11) is 0. The Hall–Kier alpha value is -0.260.